The second kappa shape index (κ2) is 12.7. The number of aromatic nitrogens is 3. The van der Waals surface area contributed by atoms with Crippen LogP contribution in [-0.2, 0) is 20.7 Å². The molecule has 2 aliphatic carbocycles. The van der Waals surface area contributed by atoms with Crippen LogP contribution in [0.3, 0.4) is 0 Å². The van der Waals surface area contributed by atoms with E-state index in [2.05, 4.69) is 68.6 Å². The van der Waals surface area contributed by atoms with Gasteiger partial charge in [0.2, 0.25) is 11.8 Å². The van der Waals surface area contributed by atoms with E-state index in [1.54, 1.807) is 18.2 Å². The topological polar surface area (TPSA) is 150 Å². The van der Waals surface area contributed by atoms with Crippen molar-refractivity contribution in [1.29, 1.82) is 0 Å². The van der Waals surface area contributed by atoms with Crippen LogP contribution in [0.5, 0.6) is 0 Å². The average Bonchev–Trinajstić information content (AvgIpc) is 3.99. The summed E-state index contributed by atoms with van der Waals surface area (Å²) in [5, 5.41) is 20.4. The molecule has 10 heteroatoms. The number of fused-ring (bicyclic) bond motifs is 1. The summed E-state index contributed by atoms with van der Waals surface area (Å²) in [5.41, 5.74) is 13.5. The number of aryl methyl sites for hydroxylation is 1. The molecule has 7 rings (SSSR count). The minimum absolute atomic E-state index is 0.0703. The molecule has 3 unspecified atom stereocenters. The van der Waals surface area contributed by atoms with Gasteiger partial charge in [0, 0.05) is 24.1 Å². The highest BCUT2D eigenvalue weighted by Gasteiger charge is 2.43. The Balaban J connectivity index is 1.04. The molecular formula is C35H41N7O3. The Morgan fingerprint density at radius 3 is 2.47 bits per heavy atom. The molecule has 3 aliphatic rings. The van der Waals surface area contributed by atoms with Crippen LogP contribution in [0.2, 0.25) is 0 Å². The molecule has 0 spiro atoms. The molecule has 3 atom stereocenters. The van der Waals surface area contributed by atoms with E-state index >= 15 is 0 Å². The predicted molar refractivity (Wildman–Crippen MR) is 173 cm³/mol. The van der Waals surface area contributed by atoms with Crippen molar-refractivity contribution in [2.45, 2.75) is 76.3 Å². The molecule has 2 heterocycles. The SMILES string of the molecule is Cc1cc(C2OC2NC2CC2)ccc1-c1ccc(CC(NC(=O)C2CCC(CN)CC2)C(=O)Nc2ccc3n[nH]nc3c2)cc1. The van der Waals surface area contributed by atoms with Gasteiger partial charge in [0.1, 0.15) is 29.4 Å². The normalized spacial score (nSPS) is 23.4. The summed E-state index contributed by atoms with van der Waals surface area (Å²) in [6.45, 7) is 2.79. The van der Waals surface area contributed by atoms with E-state index in [1.165, 1.54) is 24.0 Å². The van der Waals surface area contributed by atoms with E-state index in [9.17, 15) is 9.59 Å². The number of carbonyl (C=O) groups excluding carboxylic acids is 2. The van der Waals surface area contributed by atoms with E-state index in [-0.39, 0.29) is 30.1 Å². The molecule has 0 bridgehead atoms. The van der Waals surface area contributed by atoms with Crippen LogP contribution in [0, 0.1) is 18.8 Å². The summed E-state index contributed by atoms with van der Waals surface area (Å²) in [6.07, 6.45) is 6.60. The number of aromatic amines is 1. The molecule has 6 N–H and O–H groups in total. The number of nitrogens with one attached hydrogen (secondary N) is 4. The molecule has 0 radical (unpaired) electrons. The van der Waals surface area contributed by atoms with Gasteiger partial charge in [-0.05, 0) is 104 Å². The molecule has 234 valence electrons. The van der Waals surface area contributed by atoms with Crippen molar-refractivity contribution >= 4 is 28.5 Å². The number of hydrogen-bond donors (Lipinski definition) is 5. The Kier molecular flexibility index (Phi) is 8.35. The maximum absolute atomic E-state index is 13.6. The van der Waals surface area contributed by atoms with Crippen LogP contribution in [-0.4, -0.2) is 52.1 Å². The second-order valence-corrected chi connectivity index (χ2v) is 12.9. The Morgan fingerprint density at radius 2 is 1.73 bits per heavy atom. The van der Waals surface area contributed by atoms with Gasteiger partial charge in [-0.25, -0.2) is 0 Å². The molecular weight excluding hydrogens is 566 g/mol. The number of nitrogens with zero attached hydrogens (tertiary/aromatic N) is 2. The monoisotopic (exact) mass is 607 g/mol. The van der Waals surface area contributed by atoms with Crippen molar-refractivity contribution in [2.75, 3.05) is 11.9 Å². The molecule has 45 heavy (non-hydrogen) atoms. The fraction of sp³-hybridized carbons (Fsp3) is 0.429. The minimum Gasteiger partial charge on any atom is -0.348 e. The zero-order valence-corrected chi connectivity index (χ0v) is 25.6. The zero-order valence-electron chi connectivity index (χ0n) is 25.6. The van der Waals surface area contributed by atoms with Gasteiger partial charge in [0.05, 0.1) is 0 Å². The Bertz CT molecular complexity index is 1670. The van der Waals surface area contributed by atoms with E-state index in [1.807, 2.05) is 12.1 Å². The van der Waals surface area contributed by atoms with Crippen LogP contribution in [0.25, 0.3) is 22.2 Å². The first-order valence-electron chi connectivity index (χ1n) is 16.2. The third-order valence-corrected chi connectivity index (χ3v) is 9.52. The number of amides is 2. The molecule has 1 saturated heterocycles. The summed E-state index contributed by atoms with van der Waals surface area (Å²) in [4.78, 5) is 27.0. The first-order chi connectivity index (χ1) is 21.9. The summed E-state index contributed by atoms with van der Waals surface area (Å²) in [5.74, 6) is 0.0261. The summed E-state index contributed by atoms with van der Waals surface area (Å²) in [6, 6.07) is 20.0. The van der Waals surface area contributed by atoms with E-state index in [0.717, 1.165) is 42.4 Å². The van der Waals surface area contributed by atoms with E-state index in [0.29, 0.717) is 41.6 Å². The van der Waals surface area contributed by atoms with Gasteiger partial charge in [-0.2, -0.15) is 15.4 Å². The molecule has 1 aromatic heterocycles. The van der Waals surface area contributed by atoms with Crippen LogP contribution >= 0.6 is 0 Å². The molecule has 3 fully saturated rings. The smallest absolute Gasteiger partial charge is 0.247 e. The summed E-state index contributed by atoms with van der Waals surface area (Å²) in [7, 11) is 0. The number of epoxide rings is 1. The first-order valence-corrected chi connectivity index (χ1v) is 16.2. The third-order valence-electron chi connectivity index (χ3n) is 9.52. The molecule has 2 saturated carbocycles. The fourth-order valence-electron chi connectivity index (χ4n) is 6.53. The van der Waals surface area contributed by atoms with Gasteiger partial charge in [0.15, 0.2) is 0 Å². The second-order valence-electron chi connectivity index (χ2n) is 12.9. The quantitative estimate of drug-likeness (QED) is 0.157. The number of carbonyl (C=O) groups is 2. The van der Waals surface area contributed by atoms with Crippen molar-refractivity contribution in [3.63, 3.8) is 0 Å². The van der Waals surface area contributed by atoms with Crippen LogP contribution < -0.4 is 21.7 Å². The lowest BCUT2D eigenvalue weighted by atomic mass is 9.81. The Hall–Kier alpha value is -4.12. The summed E-state index contributed by atoms with van der Waals surface area (Å²) >= 11 is 0. The minimum atomic E-state index is -0.736. The van der Waals surface area contributed by atoms with Crippen LogP contribution in [0.1, 0.15) is 61.3 Å². The number of hydrogen-bond acceptors (Lipinski definition) is 7. The number of H-pyrrole nitrogens is 1. The number of nitrogens with two attached hydrogens (primary N) is 1. The third kappa shape index (κ3) is 6.93. The zero-order chi connectivity index (χ0) is 30.9. The van der Waals surface area contributed by atoms with Gasteiger partial charge in [-0.1, -0.05) is 42.5 Å². The lowest BCUT2D eigenvalue weighted by molar-refractivity contribution is -0.130. The van der Waals surface area contributed by atoms with Crippen molar-refractivity contribution in [3.8, 4) is 11.1 Å². The highest BCUT2D eigenvalue weighted by molar-refractivity contribution is 5.98. The van der Waals surface area contributed by atoms with Gasteiger partial charge >= 0.3 is 0 Å². The number of rotatable bonds is 11. The lowest BCUT2D eigenvalue weighted by Crippen LogP contribution is -2.48. The van der Waals surface area contributed by atoms with Gasteiger partial charge in [-0.15, -0.1) is 0 Å². The van der Waals surface area contributed by atoms with E-state index < -0.39 is 6.04 Å². The molecule has 3 aromatic carbocycles. The number of ether oxygens (including phenoxy) is 1. The number of anilines is 1. The van der Waals surface area contributed by atoms with E-state index in [4.69, 9.17) is 10.5 Å². The van der Waals surface area contributed by atoms with Crippen molar-refractivity contribution in [3.05, 3.63) is 77.4 Å². The van der Waals surface area contributed by atoms with Crippen molar-refractivity contribution < 1.29 is 14.3 Å². The van der Waals surface area contributed by atoms with Crippen LogP contribution in [0.15, 0.2) is 60.7 Å². The largest absolute Gasteiger partial charge is 0.348 e. The van der Waals surface area contributed by atoms with Crippen LogP contribution in [0.4, 0.5) is 5.69 Å². The summed E-state index contributed by atoms with van der Waals surface area (Å²) < 4.78 is 5.87. The molecule has 2 amide bonds. The highest BCUT2D eigenvalue weighted by atomic mass is 16.6. The predicted octanol–water partition coefficient (Wildman–Crippen LogP) is 4.51. The van der Waals surface area contributed by atoms with Crippen molar-refractivity contribution in [1.82, 2.24) is 26.0 Å². The number of benzene rings is 3. The first kappa shape index (κ1) is 29.6. The average molecular weight is 608 g/mol. The molecule has 10 nitrogen and oxygen atoms in total. The standard InChI is InChI=1S/C35H41N7O3/c1-20-16-25(32-35(45-32)38-26-11-12-26)10-14-28(20)23-6-2-21(3-7-23)17-31(39-33(43)24-8-4-22(19-36)5-9-24)34(44)37-27-13-15-29-30(18-27)41-42-40-29/h2-3,6-7,10,13-16,18,22,24,26,31-32,35,38H,4-5,8-9,11-12,17,19,36H2,1H3,(H,37,44)(H,39,43)(H,40,41,42). The fourth-order valence-corrected chi connectivity index (χ4v) is 6.53. The lowest BCUT2D eigenvalue weighted by Gasteiger charge is -2.28. The molecule has 4 aromatic rings. The maximum Gasteiger partial charge on any atom is 0.247 e. The molecule has 1 aliphatic heterocycles. The Labute approximate surface area is 262 Å². The van der Waals surface area contributed by atoms with Crippen molar-refractivity contribution in [2.24, 2.45) is 17.6 Å². The Morgan fingerprint density at radius 1 is 0.956 bits per heavy atom. The van der Waals surface area contributed by atoms with Gasteiger partial charge < -0.3 is 21.1 Å². The maximum atomic E-state index is 13.6. The van der Waals surface area contributed by atoms with Gasteiger partial charge in [0.25, 0.3) is 0 Å². The van der Waals surface area contributed by atoms with Gasteiger partial charge in [-0.3, -0.25) is 14.9 Å². The highest BCUT2D eigenvalue weighted by Crippen LogP contribution is 2.40.